The lowest BCUT2D eigenvalue weighted by Crippen LogP contribution is -2.06. The second-order valence-electron chi connectivity index (χ2n) is 4.56. The van der Waals surface area contributed by atoms with Crippen LogP contribution in [0, 0.1) is 0 Å². The van der Waals surface area contributed by atoms with Gasteiger partial charge in [0.05, 0.1) is 15.9 Å². The second kappa shape index (κ2) is 4.38. The van der Waals surface area contributed by atoms with Gasteiger partial charge in [-0.15, -0.1) is 0 Å². The molecule has 2 aromatic heterocycles. The molecule has 0 bridgehead atoms. The van der Waals surface area contributed by atoms with E-state index >= 15 is 0 Å². The molecule has 0 spiro atoms. The van der Waals surface area contributed by atoms with E-state index in [0.29, 0.717) is 12.5 Å². The number of fused-ring (bicyclic) bond motifs is 1. The Kier molecular flexibility index (Phi) is 2.88. The van der Waals surface area contributed by atoms with Gasteiger partial charge in [-0.2, -0.15) is 5.10 Å². The minimum atomic E-state index is 0.483. The second-order valence-corrected chi connectivity index (χ2v) is 5.35. The molecule has 2 heterocycles. The summed E-state index contributed by atoms with van der Waals surface area (Å²) >= 11 is 3.64. The Balaban J connectivity index is 2.16. The molecule has 0 aromatic carbocycles. The van der Waals surface area contributed by atoms with Gasteiger partial charge in [-0.3, -0.25) is 0 Å². The minimum absolute atomic E-state index is 0.483. The van der Waals surface area contributed by atoms with E-state index in [-0.39, 0.29) is 0 Å². The lowest BCUT2D eigenvalue weighted by atomic mass is 10.1. The lowest BCUT2D eigenvalue weighted by molar-refractivity contribution is 0.676. The van der Waals surface area contributed by atoms with E-state index in [1.165, 1.54) is 25.7 Å². The van der Waals surface area contributed by atoms with Crippen molar-refractivity contribution in [2.75, 3.05) is 0 Å². The summed E-state index contributed by atoms with van der Waals surface area (Å²) in [6.07, 6.45) is 6.88. The van der Waals surface area contributed by atoms with Gasteiger partial charge in [-0.25, -0.2) is 9.50 Å². The summed E-state index contributed by atoms with van der Waals surface area (Å²) in [7, 11) is 0. The largest absolute Gasteiger partial charge is 0.325 e. The first-order chi connectivity index (χ1) is 8.31. The van der Waals surface area contributed by atoms with Crippen LogP contribution in [0.3, 0.4) is 0 Å². The minimum Gasteiger partial charge on any atom is -0.325 e. The van der Waals surface area contributed by atoms with E-state index in [1.807, 2.05) is 10.6 Å². The molecule has 1 fully saturated rings. The quantitative estimate of drug-likeness (QED) is 0.926. The van der Waals surface area contributed by atoms with Crippen molar-refractivity contribution in [3.63, 3.8) is 0 Å². The molecule has 1 saturated carbocycles. The van der Waals surface area contributed by atoms with Gasteiger partial charge in [0.25, 0.3) is 0 Å². The van der Waals surface area contributed by atoms with E-state index in [9.17, 15) is 0 Å². The maximum absolute atomic E-state index is 5.72. The maximum Gasteiger partial charge on any atom is 0.169 e. The molecule has 3 rings (SSSR count). The summed E-state index contributed by atoms with van der Waals surface area (Å²) in [5.41, 5.74) is 8.76. The molecule has 0 saturated heterocycles. The summed E-state index contributed by atoms with van der Waals surface area (Å²) < 4.78 is 2.91. The third-order valence-corrected chi connectivity index (χ3v) is 4.28. The van der Waals surface area contributed by atoms with E-state index < -0.39 is 0 Å². The SMILES string of the molecule is NCc1ccnc2c(Br)c(C3CCCC3)nn12. The third kappa shape index (κ3) is 1.77. The van der Waals surface area contributed by atoms with Gasteiger partial charge < -0.3 is 5.73 Å². The van der Waals surface area contributed by atoms with Crippen molar-refractivity contribution >= 4 is 21.6 Å². The maximum atomic E-state index is 5.72. The molecule has 1 aliphatic carbocycles. The van der Waals surface area contributed by atoms with Crippen LogP contribution in [0.25, 0.3) is 5.65 Å². The standard InChI is InChI=1S/C12H15BrN4/c13-10-11(8-3-1-2-4-8)16-17-9(7-14)5-6-15-12(10)17/h5-6,8H,1-4,7,14H2. The van der Waals surface area contributed by atoms with Crippen molar-refractivity contribution in [1.82, 2.24) is 14.6 Å². The summed E-state index contributed by atoms with van der Waals surface area (Å²) in [4.78, 5) is 4.38. The van der Waals surface area contributed by atoms with Crippen molar-refractivity contribution in [2.24, 2.45) is 5.73 Å². The Hall–Kier alpha value is -0.940. The van der Waals surface area contributed by atoms with Crippen LogP contribution in [0.2, 0.25) is 0 Å². The molecule has 0 radical (unpaired) electrons. The lowest BCUT2D eigenvalue weighted by Gasteiger charge is -2.04. The summed E-state index contributed by atoms with van der Waals surface area (Å²) in [5.74, 6) is 0.580. The van der Waals surface area contributed by atoms with Gasteiger partial charge in [0.2, 0.25) is 0 Å². The van der Waals surface area contributed by atoms with Crippen LogP contribution >= 0.6 is 15.9 Å². The van der Waals surface area contributed by atoms with Crippen LogP contribution in [0.15, 0.2) is 16.7 Å². The number of hydrogen-bond donors (Lipinski definition) is 1. The summed E-state index contributed by atoms with van der Waals surface area (Å²) in [5, 5.41) is 4.69. The van der Waals surface area contributed by atoms with Gasteiger partial charge in [0.1, 0.15) is 0 Å². The fourth-order valence-electron chi connectivity index (χ4n) is 2.60. The normalized spacial score (nSPS) is 17.1. The smallest absolute Gasteiger partial charge is 0.169 e. The van der Waals surface area contributed by atoms with Gasteiger partial charge >= 0.3 is 0 Å². The Morgan fingerprint density at radius 1 is 1.41 bits per heavy atom. The fourth-order valence-corrected chi connectivity index (χ4v) is 3.27. The van der Waals surface area contributed by atoms with Crippen molar-refractivity contribution in [2.45, 2.75) is 38.1 Å². The highest BCUT2D eigenvalue weighted by atomic mass is 79.9. The number of hydrogen-bond acceptors (Lipinski definition) is 3. The topological polar surface area (TPSA) is 56.2 Å². The average molecular weight is 295 g/mol. The van der Waals surface area contributed by atoms with Crippen LogP contribution in [0.1, 0.15) is 43.0 Å². The average Bonchev–Trinajstić information content (AvgIpc) is 2.97. The van der Waals surface area contributed by atoms with E-state index in [0.717, 1.165) is 21.5 Å². The van der Waals surface area contributed by atoms with Crippen LogP contribution in [-0.4, -0.2) is 14.6 Å². The van der Waals surface area contributed by atoms with E-state index in [1.54, 1.807) is 6.20 Å². The van der Waals surface area contributed by atoms with Crippen LogP contribution in [-0.2, 0) is 6.54 Å². The highest BCUT2D eigenvalue weighted by molar-refractivity contribution is 9.10. The molecule has 2 aromatic rings. The Bertz CT molecular complexity index is 543. The Morgan fingerprint density at radius 3 is 2.88 bits per heavy atom. The van der Waals surface area contributed by atoms with E-state index in [2.05, 4.69) is 20.9 Å². The van der Waals surface area contributed by atoms with Crippen molar-refractivity contribution in [3.8, 4) is 0 Å². The van der Waals surface area contributed by atoms with Crippen LogP contribution in [0.4, 0.5) is 0 Å². The first-order valence-corrected chi connectivity index (χ1v) is 6.82. The van der Waals surface area contributed by atoms with Crippen LogP contribution < -0.4 is 5.73 Å². The molecular weight excluding hydrogens is 280 g/mol. The van der Waals surface area contributed by atoms with Crippen molar-refractivity contribution in [3.05, 3.63) is 28.1 Å². The molecule has 5 heteroatoms. The van der Waals surface area contributed by atoms with Gasteiger partial charge in [-0.05, 0) is 34.8 Å². The first kappa shape index (κ1) is 11.2. The fraction of sp³-hybridized carbons (Fsp3) is 0.500. The zero-order valence-corrected chi connectivity index (χ0v) is 11.2. The monoisotopic (exact) mass is 294 g/mol. The molecule has 17 heavy (non-hydrogen) atoms. The third-order valence-electron chi connectivity index (χ3n) is 3.52. The van der Waals surface area contributed by atoms with E-state index in [4.69, 9.17) is 10.8 Å². The number of halogens is 1. The predicted octanol–water partition coefficient (Wildman–Crippen LogP) is 2.61. The van der Waals surface area contributed by atoms with Gasteiger partial charge in [0.15, 0.2) is 5.65 Å². The molecule has 0 unspecified atom stereocenters. The van der Waals surface area contributed by atoms with Crippen molar-refractivity contribution in [1.29, 1.82) is 0 Å². The first-order valence-electron chi connectivity index (χ1n) is 6.03. The van der Waals surface area contributed by atoms with Gasteiger partial charge in [0, 0.05) is 18.7 Å². The summed E-state index contributed by atoms with van der Waals surface area (Å²) in [6, 6.07) is 1.92. The van der Waals surface area contributed by atoms with Gasteiger partial charge in [-0.1, -0.05) is 12.8 Å². The molecule has 1 aliphatic rings. The zero-order valence-electron chi connectivity index (χ0n) is 9.56. The Labute approximate surface area is 108 Å². The molecule has 0 amide bonds. The number of aromatic nitrogens is 3. The number of nitrogens with two attached hydrogens (primary N) is 1. The van der Waals surface area contributed by atoms with Crippen molar-refractivity contribution < 1.29 is 0 Å². The number of nitrogens with zero attached hydrogens (tertiary/aromatic N) is 3. The predicted molar refractivity (Wildman–Crippen MR) is 69.8 cm³/mol. The highest BCUT2D eigenvalue weighted by Crippen LogP contribution is 2.38. The van der Waals surface area contributed by atoms with Crippen LogP contribution in [0.5, 0.6) is 0 Å². The molecule has 0 atom stereocenters. The molecule has 90 valence electrons. The molecule has 4 nitrogen and oxygen atoms in total. The Morgan fingerprint density at radius 2 is 2.18 bits per heavy atom. The molecule has 0 aliphatic heterocycles. The number of rotatable bonds is 2. The highest BCUT2D eigenvalue weighted by Gasteiger charge is 2.24. The molecular formula is C12H15BrN4. The zero-order chi connectivity index (χ0) is 11.8. The summed E-state index contributed by atoms with van der Waals surface area (Å²) in [6.45, 7) is 0.483. The molecule has 2 N–H and O–H groups in total.